The van der Waals surface area contributed by atoms with E-state index in [1.54, 1.807) is 0 Å². The molecule has 0 spiro atoms. The Morgan fingerprint density at radius 1 is 1.35 bits per heavy atom. The summed E-state index contributed by atoms with van der Waals surface area (Å²) >= 11 is 0. The topological polar surface area (TPSA) is 76.2 Å². The molecule has 1 aliphatic rings. The van der Waals surface area contributed by atoms with Crippen LogP contribution in [-0.4, -0.2) is 21.2 Å². The lowest BCUT2D eigenvalue weighted by Crippen LogP contribution is -2.20. The predicted molar refractivity (Wildman–Crippen MR) is 74.5 cm³/mol. The van der Waals surface area contributed by atoms with Crippen molar-refractivity contribution < 1.29 is 14.4 Å². The van der Waals surface area contributed by atoms with Gasteiger partial charge in [-0.3, -0.25) is 4.79 Å². The average molecular weight is 280 g/mol. The van der Waals surface area contributed by atoms with Crippen LogP contribution >= 0.6 is 0 Å². The summed E-state index contributed by atoms with van der Waals surface area (Å²) in [4.78, 5) is 14.9. The Morgan fingerprint density at radius 3 is 2.70 bits per heavy atom. The zero-order valence-electron chi connectivity index (χ0n) is 12.4. The summed E-state index contributed by atoms with van der Waals surface area (Å²) in [5.74, 6) is 1.17. The number of hydrogen-bond acceptors (Lipinski definition) is 4. The van der Waals surface area contributed by atoms with E-state index >= 15 is 0 Å². The Balaban J connectivity index is 1.79. The third-order valence-electron chi connectivity index (χ3n) is 4.22. The Morgan fingerprint density at radius 2 is 2.05 bits per heavy atom. The zero-order chi connectivity index (χ0) is 14.6. The molecule has 1 saturated carbocycles. The number of rotatable bonds is 6. The molecule has 0 amide bonds. The van der Waals surface area contributed by atoms with E-state index in [0.717, 1.165) is 25.1 Å². The molecule has 1 fully saturated rings. The molecule has 0 unspecified atom stereocenters. The number of aliphatic carboxylic acids is 1. The maximum Gasteiger partial charge on any atom is 0.303 e. The first-order valence-corrected chi connectivity index (χ1v) is 7.50. The minimum Gasteiger partial charge on any atom is -0.481 e. The number of aryl methyl sites for hydroxylation is 1. The fourth-order valence-electron chi connectivity index (χ4n) is 2.75. The standard InChI is InChI=1S/C15H24N2O3/c1-15(2)9-7-11(8-10-15)14-16-12(20-17-14)5-3-4-6-13(18)19/h11H,3-10H2,1-2H3,(H,18,19). The van der Waals surface area contributed by atoms with Gasteiger partial charge in [-0.2, -0.15) is 4.98 Å². The maximum atomic E-state index is 10.4. The van der Waals surface area contributed by atoms with Crippen LogP contribution in [0.1, 0.15) is 76.4 Å². The molecule has 1 aromatic heterocycles. The Bertz CT molecular complexity index is 444. The van der Waals surface area contributed by atoms with Crippen molar-refractivity contribution in [2.75, 3.05) is 0 Å². The molecule has 0 aliphatic heterocycles. The number of unbranched alkanes of at least 4 members (excludes halogenated alkanes) is 1. The van der Waals surface area contributed by atoms with Crippen LogP contribution in [0.4, 0.5) is 0 Å². The number of carboxylic acids is 1. The van der Waals surface area contributed by atoms with Crippen molar-refractivity contribution in [1.82, 2.24) is 10.1 Å². The van der Waals surface area contributed by atoms with E-state index < -0.39 is 5.97 Å². The maximum absolute atomic E-state index is 10.4. The Hall–Kier alpha value is -1.39. The third kappa shape index (κ3) is 4.32. The van der Waals surface area contributed by atoms with E-state index in [9.17, 15) is 4.79 Å². The highest BCUT2D eigenvalue weighted by molar-refractivity contribution is 5.66. The molecular formula is C15H24N2O3. The third-order valence-corrected chi connectivity index (χ3v) is 4.22. The minimum absolute atomic E-state index is 0.207. The van der Waals surface area contributed by atoms with Gasteiger partial charge >= 0.3 is 5.97 Å². The summed E-state index contributed by atoms with van der Waals surface area (Å²) in [6.45, 7) is 4.63. The zero-order valence-corrected chi connectivity index (χ0v) is 12.4. The van der Waals surface area contributed by atoms with Gasteiger partial charge in [-0.05, 0) is 43.9 Å². The Kier molecular flexibility index (Phi) is 4.78. The molecular weight excluding hydrogens is 256 g/mol. The van der Waals surface area contributed by atoms with Crippen molar-refractivity contribution in [1.29, 1.82) is 0 Å². The van der Waals surface area contributed by atoms with Crippen molar-refractivity contribution in [3.63, 3.8) is 0 Å². The molecule has 1 heterocycles. The monoisotopic (exact) mass is 280 g/mol. The minimum atomic E-state index is -0.749. The van der Waals surface area contributed by atoms with E-state index in [1.165, 1.54) is 12.8 Å². The summed E-state index contributed by atoms with van der Waals surface area (Å²) in [7, 11) is 0. The summed E-state index contributed by atoms with van der Waals surface area (Å²) in [6.07, 6.45) is 7.00. The predicted octanol–water partition coefficient (Wildman–Crippen LogP) is 3.55. The molecule has 20 heavy (non-hydrogen) atoms. The number of carbonyl (C=O) groups is 1. The highest BCUT2D eigenvalue weighted by atomic mass is 16.5. The molecule has 0 aromatic carbocycles. The van der Waals surface area contributed by atoms with Gasteiger partial charge in [0.25, 0.3) is 0 Å². The van der Waals surface area contributed by atoms with Gasteiger partial charge in [-0.15, -0.1) is 0 Å². The molecule has 0 radical (unpaired) electrons. The quantitative estimate of drug-likeness (QED) is 0.806. The fraction of sp³-hybridized carbons (Fsp3) is 0.800. The molecule has 0 atom stereocenters. The van der Waals surface area contributed by atoms with Crippen molar-refractivity contribution in [2.24, 2.45) is 5.41 Å². The van der Waals surface area contributed by atoms with Gasteiger partial charge in [0, 0.05) is 18.8 Å². The van der Waals surface area contributed by atoms with Crippen LogP contribution in [0.3, 0.4) is 0 Å². The first-order valence-electron chi connectivity index (χ1n) is 7.50. The number of carboxylic acid groups (broad SMARTS) is 1. The van der Waals surface area contributed by atoms with Gasteiger partial charge in [-0.25, -0.2) is 0 Å². The fourth-order valence-corrected chi connectivity index (χ4v) is 2.75. The first-order chi connectivity index (χ1) is 9.46. The normalized spacial score (nSPS) is 19.1. The summed E-state index contributed by atoms with van der Waals surface area (Å²) in [5.41, 5.74) is 0.444. The Labute approximate surface area is 119 Å². The van der Waals surface area contributed by atoms with Crippen LogP contribution in [0.25, 0.3) is 0 Å². The molecule has 5 heteroatoms. The van der Waals surface area contributed by atoms with Crippen LogP contribution in [-0.2, 0) is 11.2 Å². The largest absolute Gasteiger partial charge is 0.481 e. The van der Waals surface area contributed by atoms with Crippen LogP contribution < -0.4 is 0 Å². The van der Waals surface area contributed by atoms with Gasteiger partial charge in [0.1, 0.15) is 0 Å². The molecule has 1 aliphatic carbocycles. The first kappa shape index (κ1) is 15.0. The lowest BCUT2D eigenvalue weighted by Gasteiger charge is -2.32. The number of nitrogens with zero attached hydrogens (tertiary/aromatic N) is 2. The van der Waals surface area contributed by atoms with Gasteiger partial charge < -0.3 is 9.63 Å². The SMILES string of the molecule is CC1(C)CCC(c2noc(CCCCC(=O)O)n2)CC1. The molecule has 112 valence electrons. The van der Waals surface area contributed by atoms with Gasteiger partial charge in [0.2, 0.25) is 5.89 Å². The number of hydrogen-bond donors (Lipinski definition) is 1. The highest BCUT2D eigenvalue weighted by Crippen LogP contribution is 2.41. The van der Waals surface area contributed by atoms with E-state index in [2.05, 4.69) is 24.0 Å². The second kappa shape index (κ2) is 6.37. The molecule has 1 N–H and O–H groups in total. The van der Waals surface area contributed by atoms with Crippen LogP contribution in [0.15, 0.2) is 4.52 Å². The van der Waals surface area contributed by atoms with Crippen LogP contribution in [0.2, 0.25) is 0 Å². The van der Waals surface area contributed by atoms with E-state index in [-0.39, 0.29) is 6.42 Å². The van der Waals surface area contributed by atoms with Gasteiger partial charge in [0.05, 0.1) is 0 Å². The van der Waals surface area contributed by atoms with E-state index in [0.29, 0.717) is 30.1 Å². The second-order valence-electron chi connectivity index (χ2n) is 6.59. The van der Waals surface area contributed by atoms with Crippen molar-refractivity contribution in [3.8, 4) is 0 Å². The van der Waals surface area contributed by atoms with Crippen molar-refractivity contribution in [2.45, 2.75) is 71.1 Å². The molecule has 0 bridgehead atoms. The second-order valence-corrected chi connectivity index (χ2v) is 6.59. The van der Waals surface area contributed by atoms with Crippen molar-refractivity contribution in [3.05, 3.63) is 11.7 Å². The van der Waals surface area contributed by atoms with E-state index in [4.69, 9.17) is 9.63 Å². The molecule has 1 aromatic rings. The van der Waals surface area contributed by atoms with Crippen molar-refractivity contribution >= 4 is 5.97 Å². The lowest BCUT2D eigenvalue weighted by atomic mass is 9.73. The molecule has 5 nitrogen and oxygen atoms in total. The number of aromatic nitrogens is 2. The van der Waals surface area contributed by atoms with E-state index in [1.807, 2.05) is 0 Å². The molecule has 2 rings (SSSR count). The summed E-state index contributed by atoms with van der Waals surface area (Å²) < 4.78 is 5.27. The summed E-state index contributed by atoms with van der Waals surface area (Å²) in [6, 6.07) is 0. The smallest absolute Gasteiger partial charge is 0.303 e. The average Bonchev–Trinajstić information content (AvgIpc) is 2.83. The highest BCUT2D eigenvalue weighted by Gasteiger charge is 2.30. The van der Waals surface area contributed by atoms with Gasteiger partial charge in [0.15, 0.2) is 5.82 Å². The van der Waals surface area contributed by atoms with Crippen LogP contribution in [0.5, 0.6) is 0 Å². The summed E-state index contributed by atoms with van der Waals surface area (Å²) in [5, 5.41) is 12.7. The van der Waals surface area contributed by atoms with Gasteiger partial charge in [-0.1, -0.05) is 19.0 Å². The van der Waals surface area contributed by atoms with Crippen LogP contribution in [0, 0.1) is 5.41 Å². The molecule has 0 saturated heterocycles. The lowest BCUT2D eigenvalue weighted by molar-refractivity contribution is -0.137.